The Morgan fingerprint density at radius 1 is 1.24 bits per heavy atom. The van der Waals surface area contributed by atoms with Crippen molar-refractivity contribution in [1.82, 2.24) is 14.7 Å². The summed E-state index contributed by atoms with van der Waals surface area (Å²) in [5.41, 5.74) is 0. The Morgan fingerprint density at radius 3 is 2.57 bits per heavy atom. The zero-order chi connectivity index (χ0) is 15.2. The van der Waals surface area contributed by atoms with Crippen molar-refractivity contribution in [3.63, 3.8) is 0 Å². The maximum absolute atomic E-state index is 12.1. The maximum atomic E-state index is 12.1. The summed E-state index contributed by atoms with van der Waals surface area (Å²) in [6.45, 7) is 4.05. The van der Waals surface area contributed by atoms with Crippen LogP contribution in [0.25, 0.3) is 0 Å². The van der Waals surface area contributed by atoms with Crippen molar-refractivity contribution in [2.24, 2.45) is 0 Å². The van der Waals surface area contributed by atoms with Gasteiger partial charge in [-0.2, -0.15) is 0 Å². The Labute approximate surface area is 126 Å². The van der Waals surface area contributed by atoms with Gasteiger partial charge in [0, 0.05) is 27.1 Å². The van der Waals surface area contributed by atoms with Crippen molar-refractivity contribution >= 4 is 12.0 Å². The van der Waals surface area contributed by atoms with E-state index in [0.29, 0.717) is 19.5 Å². The lowest BCUT2D eigenvalue weighted by Crippen LogP contribution is -2.35. The molecule has 2 rings (SSSR count). The summed E-state index contributed by atoms with van der Waals surface area (Å²) in [7, 11) is 3.20. The van der Waals surface area contributed by atoms with E-state index < -0.39 is 12.2 Å². The molecule has 0 aromatic heterocycles. The van der Waals surface area contributed by atoms with Gasteiger partial charge in [-0.1, -0.05) is 11.8 Å². The van der Waals surface area contributed by atoms with Crippen LogP contribution in [0.2, 0.25) is 0 Å². The molecule has 0 aromatic rings. The Kier molecular flexibility index (Phi) is 5.45. The van der Waals surface area contributed by atoms with E-state index in [4.69, 9.17) is 4.74 Å². The second kappa shape index (κ2) is 7.32. The Morgan fingerprint density at radius 2 is 1.90 bits per heavy atom. The Bertz CT molecular complexity index is 447. The fourth-order valence-electron chi connectivity index (χ4n) is 2.46. The molecule has 0 unspecified atom stereocenters. The normalized spacial score (nSPS) is 22.1. The molecule has 6 heteroatoms. The fourth-order valence-corrected chi connectivity index (χ4v) is 2.46. The van der Waals surface area contributed by atoms with E-state index in [-0.39, 0.29) is 5.91 Å². The molecule has 2 heterocycles. The van der Waals surface area contributed by atoms with E-state index in [2.05, 4.69) is 16.7 Å². The molecule has 6 nitrogen and oxygen atoms in total. The third kappa shape index (κ3) is 4.36. The maximum Gasteiger partial charge on any atom is 0.410 e. The van der Waals surface area contributed by atoms with Crippen molar-refractivity contribution < 1.29 is 14.3 Å². The molecule has 0 aromatic carbocycles. The summed E-state index contributed by atoms with van der Waals surface area (Å²) in [4.78, 5) is 28.8. The van der Waals surface area contributed by atoms with Crippen molar-refractivity contribution in [3.8, 4) is 11.8 Å². The molecular weight excluding hydrogens is 270 g/mol. The number of carbonyl (C=O) groups excluding carboxylic acids is 2. The molecule has 0 bridgehead atoms. The van der Waals surface area contributed by atoms with Gasteiger partial charge in [0.15, 0.2) is 6.10 Å². The SMILES string of the molecule is CN(C)C(=O)O[C@H]1CCN(CC#CCN2CCCC2)C1=O. The average molecular weight is 293 g/mol. The van der Waals surface area contributed by atoms with Crippen molar-refractivity contribution in [2.45, 2.75) is 25.4 Å². The lowest BCUT2D eigenvalue weighted by atomic mass is 10.3. The first kappa shape index (κ1) is 15.6. The molecule has 0 saturated carbocycles. The molecule has 2 saturated heterocycles. The third-order valence-electron chi connectivity index (χ3n) is 3.75. The summed E-state index contributed by atoms with van der Waals surface area (Å²) in [5, 5.41) is 0. The summed E-state index contributed by atoms with van der Waals surface area (Å²) in [5.74, 6) is 6.02. The number of amides is 2. The Hall–Kier alpha value is -1.74. The first-order chi connectivity index (χ1) is 10.1. The van der Waals surface area contributed by atoms with E-state index in [9.17, 15) is 9.59 Å². The second-order valence-electron chi connectivity index (χ2n) is 5.65. The standard InChI is InChI=1S/C15H23N3O3/c1-16(2)15(20)21-13-7-12-18(14(13)19)11-6-5-10-17-8-3-4-9-17/h13H,3-4,7-12H2,1-2H3/t13-/m0/s1. The van der Waals surface area contributed by atoms with Gasteiger partial charge in [0.25, 0.3) is 5.91 Å². The number of rotatable bonds is 3. The summed E-state index contributed by atoms with van der Waals surface area (Å²) in [6.07, 6.45) is 1.93. The molecule has 2 amide bonds. The smallest absolute Gasteiger partial charge is 0.410 e. The van der Waals surface area contributed by atoms with Crippen LogP contribution in [0, 0.1) is 11.8 Å². The lowest BCUT2D eigenvalue weighted by Gasteiger charge is -2.16. The molecule has 0 N–H and O–H groups in total. The number of nitrogens with zero attached hydrogens (tertiary/aromatic N) is 3. The summed E-state index contributed by atoms with van der Waals surface area (Å²) < 4.78 is 5.14. The third-order valence-corrected chi connectivity index (χ3v) is 3.75. The number of likely N-dealkylation sites (tertiary alicyclic amines) is 2. The van der Waals surface area contributed by atoms with Crippen LogP contribution in [0.5, 0.6) is 0 Å². The molecule has 2 fully saturated rings. The van der Waals surface area contributed by atoms with Crippen LogP contribution in [0.15, 0.2) is 0 Å². The largest absolute Gasteiger partial charge is 0.436 e. The minimum Gasteiger partial charge on any atom is -0.436 e. The highest BCUT2D eigenvalue weighted by molar-refractivity contribution is 5.85. The van der Waals surface area contributed by atoms with E-state index in [1.54, 1.807) is 19.0 Å². The fraction of sp³-hybridized carbons (Fsp3) is 0.733. The van der Waals surface area contributed by atoms with Gasteiger partial charge in [-0.05, 0) is 25.9 Å². The highest BCUT2D eigenvalue weighted by Crippen LogP contribution is 2.14. The molecular formula is C15H23N3O3. The average Bonchev–Trinajstić information content (AvgIpc) is 3.07. The first-order valence-electron chi connectivity index (χ1n) is 7.42. The number of hydrogen-bond donors (Lipinski definition) is 0. The molecule has 21 heavy (non-hydrogen) atoms. The van der Waals surface area contributed by atoms with Crippen LogP contribution < -0.4 is 0 Å². The minimum absolute atomic E-state index is 0.138. The van der Waals surface area contributed by atoms with Gasteiger partial charge in [-0.25, -0.2) is 4.79 Å². The Balaban J connectivity index is 1.74. The summed E-state index contributed by atoms with van der Waals surface area (Å²) >= 11 is 0. The van der Waals surface area contributed by atoms with Crippen LogP contribution in [-0.2, 0) is 9.53 Å². The molecule has 0 radical (unpaired) electrons. The monoisotopic (exact) mass is 293 g/mol. The molecule has 2 aliphatic rings. The predicted molar refractivity (Wildman–Crippen MR) is 78.6 cm³/mol. The van der Waals surface area contributed by atoms with E-state index in [1.807, 2.05) is 0 Å². The molecule has 116 valence electrons. The van der Waals surface area contributed by atoms with Crippen molar-refractivity contribution in [3.05, 3.63) is 0 Å². The highest BCUT2D eigenvalue weighted by Gasteiger charge is 2.34. The predicted octanol–water partition coefficient (Wildman–Crippen LogP) is 0.385. The molecule has 2 aliphatic heterocycles. The molecule has 0 aliphatic carbocycles. The van der Waals surface area contributed by atoms with Crippen LogP contribution in [0.3, 0.4) is 0 Å². The van der Waals surface area contributed by atoms with E-state index in [1.165, 1.54) is 17.7 Å². The van der Waals surface area contributed by atoms with Gasteiger partial charge >= 0.3 is 6.09 Å². The van der Waals surface area contributed by atoms with Crippen LogP contribution in [0.1, 0.15) is 19.3 Å². The van der Waals surface area contributed by atoms with Crippen molar-refractivity contribution in [1.29, 1.82) is 0 Å². The van der Waals surface area contributed by atoms with Gasteiger partial charge in [0.1, 0.15) is 0 Å². The first-order valence-corrected chi connectivity index (χ1v) is 7.42. The van der Waals surface area contributed by atoms with Gasteiger partial charge in [-0.15, -0.1) is 0 Å². The zero-order valence-corrected chi connectivity index (χ0v) is 12.8. The second-order valence-corrected chi connectivity index (χ2v) is 5.65. The summed E-state index contributed by atoms with van der Waals surface area (Å²) in [6, 6.07) is 0. The number of ether oxygens (including phenoxy) is 1. The number of hydrogen-bond acceptors (Lipinski definition) is 4. The van der Waals surface area contributed by atoms with Gasteiger partial charge in [0.2, 0.25) is 0 Å². The van der Waals surface area contributed by atoms with Crippen LogP contribution >= 0.6 is 0 Å². The molecule has 1 atom stereocenters. The van der Waals surface area contributed by atoms with Crippen LogP contribution in [0.4, 0.5) is 4.79 Å². The van der Waals surface area contributed by atoms with E-state index >= 15 is 0 Å². The minimum atomic E-state index is -0.653. The zero-order valence-electron chi connectivity index (χ0n) is 12.8. The highest BCUT2D eigenvalue weighted by atomic mass is 16.6. The molecule has 0 spiro atoms. The van der Waals surface area contributed by atoms with Gasteiger partial charge in [-0.3, -0.25) is 9.69 Å². The van der Waals surface area contributed by atoms with Crippen LogP contribution in [-0.4, -0.2) is 79.6 Å². The van der Waals surface area contributed by atoms with Gasteiger partial charge in [0.05, 0.1) is 13.1 Å². The van der Waals surface area contributed by atoms with Crippen molar-refractivity contribution in [2.75, 3.05) is 46.8 Å². The quantitative estimate of drug-likeness (QED) is 0.706. The van der Waals surface area contributed by atoms with E-state index in [0.717, 1.165) is 19.6 Å². The van der Waals surface area contributed by atoms with Gasteiger partial charge < -0.3 is 14.5 Å². The lowest BCUT2D eigenvalue weighted by molar-refractivity contribution is -0.134. The topological polar surface area (TPSA) is 53.1 Å². The number of carbonyl (C=O) groups is 2.